The second kappa shape index (κ2) is 9.65. The van der Waals surface area contributed by atoms with Gasteiger partial charge in [0, 0.05) is 15.4 Å². The number of fused-ring (bicyclic) bond motifs is 1. The second-order valence-electron chi connectivity index (χ2n) is 8.98. The maximum atomic E-state index is 14.5. The molecule has 6 rings (SSSR count). The lowest BCUT2D eigenvalue weighted by Gasteiger charge is -2.48. The molecule has 38 heavy (non-hydrogen) atoms. The molecule has 0 saturated heterocycles. The molecule has 2 atom stereocenters. The number of ether oxygens (including phenoxy) is 2. The largest absolute Gasteiger partial charge is 0.458 e. The molecule has 3 aliphatic carbocycles. The maximum absolute atomic E-state index is 14.5. The third-order valence-corrected chi connectivity index (χ3v) is 8.39. The minimum Gasteiger partial charge on any atom is -0.458 e. The van der Waals surface area contributed by atoms with Crippen molar-refractivity contribution in [3.63, 3.8) is 0 Å². The fraction of sp³-hybridized carbons (Fsp3) is 0.231. The van der Waals surface area contributed by atoms with Gasteiger partial charge in [0.05, 0.1) is 11.8 Å². The normalized spacial score (nSPS) is 21.8. The van der Waals surface area contributed by atoms with Crippen LogP contribution in [0.3, 0.4) is 0 Å². The van der Waals surface area contributed by atoms with Crippen molar-refractivity contribution < 1.29 is 45.2 Å². The molecule has 7 nitrogen and oxygen atoms in total. The highest BCUT2D eigenvalue weighted by Gasteiger charge is 2.57. The highest BCUT2D eigenvalue weighted by atomic mass is 127. The van der Waals surface area contributed by atoms with E-state index in [1.165, 1.54) is 12.1 Å². The van der Waals surface area contributed by atoms with Crippen LogP contribution in [0.5, 0.6) is 5.75 Å². The third-order valence-electron chi connectivity index (χ3n) is 6.85. The van der Waals surface area contributed by atoms with Gasteiger partial charge in [-0.2, -0.15) is 17.2 Å². The van der Waals surface area contributed by atoms with Gasteiger partial charge < -0.3 is 9.47 Å². The van der Waals surface area contributed by atoms with Crippen molar-refractivity contribution >= 4 is 44.6 Å². The van der Waals surface area contributed by atoms with Gasteiger partial charge in [-0.25, -0.2) is 4.39 Å². The molecular weight excluding hydrogens is 640 g/mol. The van der Waals surface area contributed by atoms with Crippen molar-refractivity contribution in [3.8, 4) is 5.75 Å². The number of halogens is 4. The minimum absolute atomic E-state index is 0.372. The van der Waals surface area contributed by atoms with Gasteiger partial charge in [0.15, 0.2) is 18.2 Å². The topological polar surface area (TPSA) is 107 Å². The number of carbonyl (C=O) groups is 2. The zero-order valence-electron chi connectivity index (χ0n) is 19.2. The van der Waals surface area contributed by atoms with Crippen LogP contribution in [0.4, 0.5) is 13.2 Å². The molecule has 198 valence electrons. The highest BCUT2D eigenvalue weighted by molar-refractivity contribution is 14.1. The molecule has 12 heteroatoms. The van der Waals surface area contributed by atoms with Crippen LogP contribution in [-0.2, 0) is 24.4 Å². The number of rotatable bonds is 6. The van der Waals surface area contributed by atoms with E-state index in [0.717, 1.165) is 6.07 Å². The summed E-state index contributed by atoms with van der Waals surface area (Å²) in [5.41, 5.74) is 2.77. The monoisotopic (exact) mass is 658 g/mol. The van der Waals surface area contributed by atoms with Gasteiger partial charge in [0.25, 0.3) is 0 Å². The van der Waals surface area contributed by atoms with E-state index in [1.807, 2.05) is 22.6 Å². The van der Waals surface area contributed by atoms with Crippen molar-refractivity contribution in [2.24, 2.45) is 11.8 Å². The lowest BCUT2D eigenvalue weighted by molar-refractivity contribution is -0.163. The summed E-state index contributed by atoms with van der Waals surface area (Å²) in [5.74, 6) is -7.73. The van der Waals surface area contributed by atoms with Gasteiger partial charge in [0.2, 0.25) is 0 Å². The van der Waals surface area contributed by atoms with Gasteiger partial charge in [-0.15, -0.1) is 0 Å². The number of alkyl halides is 2. The Kier molecular flexibility index (Phi) is 6.76. The molecule has 3 aromatic rings. The average molecular weight is 658 g/mol. The van der Waals surface area contributed by atoms with Crippen LogP contribution in [0, 0.1) is 21.2 Å². The molecule has 0 amide bonds. The zero-order valence-corrected chi connectivity index (χ0v) is 22.2. The predicted molar refractivity (Wildman–Crippen MR) is 136 cm³/mol. The maximum Gasteiger partial charge on any atom is 0.402 e. The molecule has 0 spiro atoms. The van der Waals surface area contributed by atoms with Crippen molar-refractivity contribution in [2.75, 3.05) is 6.61 Å². The van der Waals surface area contributed by atoms with E-state index in [-0.39, 0.29) is 5.75 Å². The van der Waals surface area contributed by atoms with Gasteiger partial charge in [-0.3, -0.25) is 14.1 Å². The first-order valence-corrected chi connectivity index (χ1v) is 13.8. The first-order valence-electron chi connectivity index (χ1n) is 11.3. The van der Waals surface area contributed by atoms with Crippen LogP contribution in [0.25, 0.3) is 0 Å². The third kappa shape index (κ3) is 4.47. The van der Waals surface area contributed by atoms with Crippen LogP contribution < -0.4 is 4.74 Å². The molecule has 0 saturated carbocycles. The minimum atomic E-state index is -5.86. The summed E-state index contributed by atoms with van der Waals surface area (Å²) >= 11 is 1.88. The van der Waals surface area contributed by atoms with Gasteiger partial charge in [-0.05, 0) is 63.0 Å². The van der Waals surface area contributed by atoms with Crippen LogP contribution >= 0.6 is 22.6 Å². The van der Waals surface area contributed by atoms with E-state index >= 15 is 0 Å². The number of hydrogen-bond donors (Lipinski definition) is 1. The van der Waals surface area contributed by atoms with E-state index in [4.69, 9.17) is 14.0 Å². The molecule has 0 fully saturated rings. The first-order chi connectivity index (χ1) is 17.9. The Morgan fingerprint density at radius 2 is 1.34 bits per heavy atom. The van der Waals surface area contributed by atoms with Crippen LogP contribution in [0.1, 0.15) is 34.1 Å². The lowest BCUT2D eigenvalue weighted by Crippen LogP contribution is -2.49. The van der Waals surface area contributed by atoms with Crippen molar-refractivity contribution in [1.82, 2.24) is 0 Å². The van der Waals surface area contributed by atoms with Crippen LogP contribution in [0.2, 0.25) is 0 Å². The Bertz CT molecular complexity index is 1510. The number of esters is 2. The molecule has 2 bridgehead atoms. The summed E-state index contributed by atoms with van der Waals surface area (Å²) < 4.78 is 83.8. The SMILES string of the molecule is O=C(OCC(F)(F)S(=O)(=O)O)C1C2c3ccccc3C(c3ccccc32)C1C(=O)Oc1ccc(I)cc1F. The summed E-state index contributed by atoms with van der Waals surface area (Å²) in [6, 6.07) is 18.0. The van der Waals surface area contributed by atoms with E-state index in [9.17, 15) is 31.2 Å². The van der Waals surface area contributed by atoms with Gasteiger partial charge in [0.1, 0.15) is 0 Å². The summed E-state index contributed by atoms with van der Waals surface area (Å²) in [7, 11) is -5.86. The fourth-order valence-corrected chi connectivity index (χ4v) is 5.96. The molecule has 3 aromatic carbocycles. The summed E-state index contributed by atoms with van der Waals surface area (Å²) in [4.78, 5) is 27.0. The van der Waals surface area contributed by atoms with Gasteiger partial charge >= 0.3 is 27.3 Å². The van der Waals surface area contributed by atoms with E-state index in [1.54, 1.807) is 48.5 Å². The molecule has 1 N–H and O–H groups in total. The predicted octanol–water partition coefficient (Wildman–Crippen LogP) is 4.88. The van der Waals surface area contributed by atoms with Crippen molar-refractivity contribution in [1.29, 1.82) is 0 Å². The molecule has 0 heterocycles. The Morgan fingerprint density at radius 3 is 1.79 bits per heavy atom. The Balaban J connectivity index is 1.59. The van der Waals surface area contributed by atoms with E-state index in [0.29, 0.717) is 25.8 Å². The smallest absolute Gasteiger partial charge is 0.402 e. The Morgan fingerprint density at radius 1 is 0.868 bits per heavy atom. The lowest BCUT2D eigenvalue weighted by atomic mass is 9.54. The molecule has 0 aliphatic heterocycles. The number of benzene rings is 3. The fourth-order valence-electron chi connectivity index (χ4n) is 5.30. The molecular formula is C26H18F3IO7S. The van der Waals surface area contributed by atoms with Crippen LogP contribution in [-0.4, -0.2) is 36.8 Å². The quantitative estimate of drug-likeness (QED) is 0.174. The average Bonchev–Trinajstić information content (AvgIpc) is 2.87. The molecule has 0 radical (unpaired) electrons. The first kappa shape index (κ1) is 26.6. The zero-order chi connectivity index (χ0) is 27.4. The Hall–Kier alpha value is -2.97. The highest BCUT2D eigenvalue weighted by Crippen LogP contribution is 2.58. The van der Waals surface area contributed by atoms with Crippen molar-refractivity contribution in [3.05, 3.63) is 98.4 Å². The van der Waals surface area contributed by atoms with Gasteiger partial charge in [-0.1, -0.05) is 48.5 Å². The number of carbonyl (C=O) groups excluding carboxylic acids is 2. The molecule has 2 unspecified atom stereocenters. The summed E-state index contributed by atoms with van der Waals surface area (Å²) in [5, 5.41) is -4.76. The van der Waals surface area contributed by atoms with E-state index < -0.39 is 63.4 Å². The Labute approximate surface area is 228 Å². The van der Waals surface area contributed by atoms with E-state index in [2.05, 4.69) is 0 Å². The second-order valence-corrected chi connectivity index (χ2v) is 11.8. The summed E-state index contributed by atoms with van der Waals surface area (Å²) in [6.07, 6.45) is 0. The molecule has 3 aliphatic rings. The summed E-state index contributed by atoms with van der Waals surface area (Å²) in [6.45, 7) is -1.95. The van der Waals surface area contributed by atoms with Crippen LogP contribution in [0.15, 0.2) is 66.7 Å². The molecule has 0 aromatic heterocycles. The standard InChI is InChI=1S/C26H18F3IO7S/c27-18-11-13(30)9-10-19(18)37-25(32)23-21-16-7-3-1-5-14(16)20(15-6-2-4-8-17(15)21)22(23)24(31)36-12-26(28,29)38(33,34)35/h1-11,20-23H,12H2,(H,33,34,35). The van der Waals surface area contributed by atoms with Crippen molar-refractivity contribution in [2.45, 2.75) is 17.1 Å². The number of hydrogen-bond acceptors (Lipinski definition) is 6.